The number of hydrogen-bond donors (Lipinski definition) is 4. The van der Waals surface area contributed by atoms with E-state index in [-0.39, 0.29) is 37.1 Å². The van der Waals surface area contributed by atoms with Crippen molar-refractivity contribution in [3.05, 3.63) is 36.5 Å². The molecule has 0 spiro atoms. The molecule has 4 amide bonds. The first kappa shape index (κ1) is 38.1. The minimum atomic E-state index is -4.01. The number of carboxylic acid groups (broad SMARTS) is 1. The molecule has 2 saturated carbocycles. The molecule has 2 aromatic rings. The first-order valence-corrected chi connectivity index (χ1v) is 19.7. The molecule has 3 fully saturated rings. The van der Waals surface area contributed by atoms with Gasteiger partial charge in [-0.1, -0.05) is 32.4 Å². The summed E-state index contributed by atoms with van der Waals surface area (Å²) < 4.78 is 44.8. The topological polar surface area (TPSA) is 203 Å². The molecule has 2 aliphatic heterocycles. The van der Waals surface area contributed by atoms with Crippen LogP contribution in [0.15, 0.2) is 36.5 Å². The fourth-order valence-corrected chi connectivity index (χ4v) is 8.97. The van der Waals surface area contributed by atoms with E-state index < -0.39 is 68.2 Å². The lowest BCUT2D eigenvalue weighted by molar-refractivity contribution is -0.142. The van der Waals surface area contributed by atoms with Gasteiger partial charge in [-0.2, -0.15) is 0 Å². The number of allylic oxidation sites excluding steroid dienone is 1. The molecule has 4 N–H and O–H groups in total. The number of ether oxygens (including phenoxy) is 3. The summed E-state index contributed by atoms with van der Waals surface area (Å²) in [7, 11) is -0.946. The van der Waals surface area contributed by atoms with Gasteiger partial charge in [0.05, 0.1) is 31.7 Å². The van der Waals surface area contributed by atoms with Crippen molar-refractivity contribution in [2.45, 2.75) is 101 Å². The van der Waals surface area contributed by atoms with Crippen molar-refractivity contribution in [3.8, 4) is 17.4 Å². The van der Waals surface area contributed by atoms with Gasteiger partial charge in [0.25, 0.3) is 5.91 Å². The molecule has 15 nitrogen and oxygen atoms in total. The molecule has 6 rings (SSSR count). The Morgan fingerprint density at radius 3 is 2.55 bits per heavy atom. The fourth-order valence-electron chi connectivity index (χ4n) is 7.66. The fraction of sp³-hybridized carbons (Fsp3) is 0.595. The predicted molar refractivity (Wildman–Crippen MR) is 194 cm³/mol. The standard InChI is InChI=1S/C37H49N5O10S/c1-6-22-15-21(2)9-7-8-10-23-18-37(23,34(45)41-53(48,49)36(3)13-14-36)40-31(43)28-17-25(20-42(28)33(44)30(22)39-35(46)47)52-32-26-12-11-24(50-4)16-27(26)29(51-5)19-38-32/h8,10-12,16,19,21-23,25,28,30,39H,6-7,9,13-15,17-18,20H2,1-5H3,(H,40,43)(H,41,45)(H,46,47)/t21-,22-,23-,25-,28+,30+,37-/m1/s1. The molecule has 0 radical (unpaired) electrons. The summed E-state index contributed by atoms with van der Waals surface area (Å²) in [5, 5.41) is 16.4. The second-order valence-electron chi connectivity index (χ2n) is 15.1. The van der Waals surface area contributed by atoms with E-state index in [4.69, 9.17) is 14.2 Å². The number of nitrogens with zero attached hydrogens (tertiary/aromatic N) is 2. The number of hydrogen-bond acceptors (Lipinski definition) is 10. The van der Waals surface area contributed by atoms with Crippen LogP contribution in [0.1, 0.15) is 72.1 Å². The van der Waals surface area contributed by atoms with E-state index in [1.807, 2.05) is 26.0 Å². The Morgan fingerprint density at radius 2 is 1.89 bits per heavy atom. The van der Waals surface area contributed by atoms with Crippen molar-refractivity contribution in [2.24, 2.45) is 17.8 Å². The number of benzene rings is 1. The number of amides is 4. The largest absolute Gasteiger partial charge is 0.497 e. The summed E-state index contributed by atoms with van der Waals surface area (Å²) in [5.41, 5.74) is -1.55. The Labute approximate surface area is 309 Å². The summed E-state index contributed by atoms with van der Waals surface area (Å²) >= 11 is 0. The number of methoxy groups -OCH3 is 2. The van der Waals surface area contributed by atoms with Gasteiger partial charge in [0.2, 0.25) is 27.7 Å². The average Bonchev–Trinajstić information content (AvgIpc) is 4.00. The molecule has 1 aromatic heterocycles. The minimum Gasteiger partial charge on any atom is -0.497 e. The van der Waals surface area contributed by atoms with Gasteiger partial charge in [-0.15, -0.1) is 0 Å². The van der Waals surface area contributed by atoms with Crippen LogP contribution in [0.5, 0.6) is 17.4 Å². The Kier molecular flexibility index (Phi) is 10.6. The van der Waals surface area contributed by atoms with Crippen LogP contribution in [0.3, 0.4) is 0 Å². The van der Waals surface area contributed by atoms with Gasteiger partial charge in [-0.05, 0) is 75.5 Å². The van der Waals surface area contributed by atoms with E-state index in [2.05, 4.69) is 20.3 Å². The van der Waals surface area contributed by atoms with Gasteiger partial charge in [-0.3, -0.25) is 19.1 Å². The summed E-state index contributed by atoms with van der Waals surface area (Å²) in [6.07, 6.45) is 6.62. The summed E-state index contributed by atoms with van der Waals surface area (Å²) in [5.74, 6) is -1.50. The maximum absolute atomic E-state index is 14.5. The number of pyridine rings is 1. The maximum Gasteiger partial charge on any atom is 0.405 e. The summed E-state index contributed by atoms with van der Waals surface area (Å²) in [6.45, 7) is 5.44. The highest BCUT2D eigenvalue weighted by molar-refractivity contribution is 7.91. The van der Waals surface area contributed by atoms with E-state index in [9.17, 15) is 32.7 Å². The monoisotopic (exact) mass is 755 g/mol. The van der Waals surface area contributed by atoms with Crippen LogP contribution >= 0.6 is 0 Å². The molecule has 288 valence electrons. The quantitative estimate of drug-likeness (QED) is 0.273. The number of rotatable bonds is 9. The second-order valence-corrected chi connectivity index (χ2v) is 17.3. The Bertz CT molecular complexity index is 1920. The number of fused-ring (bicyclic) bond motifs is 3. The molecule has 0 unspecified atom stereocenters. The van der Waals surface area contributed by atoms with E-state index >= 15 is 0 Å². The maximum atomic E-state index is 14.5. The zero-order chi connectivity index (χ0) is 38.3. The van der Waals surface area contributed by atoms with Gasteiger partial charge in [0.1, 0.15) is 35.2 Å². The highest BCUT2D eigenvalue weighted by Crippen LogP contribution is 2.48. The molecule has 0 bridgehead atoms. The molecular formula is C37H49N5O10S. The van der Waals surface area contributed by atoms with Crippen molar-refractivity contribution < 1.29 is 46.9 Å². The van der Waals surface area contributed by atoms with Crippen molar-refractivity contribution in [3.63, 3.8) is 0 Å². The lowest BCUT2D eigenvalue weighted by Crippen LogP contribution is -2.59. The van der Waals surface area contributed by atoms with E-state index in [0.717, 1.165) is 6.42 Å². The van der Waals surface area contributed by atoms with Gasteiger partial charge >= 0.3 is 6.09 Å². The van der Waals surface area contributed by atoms with Crippen LogP contribution in [0.2, 0.25) is 0 Å². The first-order chi connectivity index (χ1) is 25.1. The van der Waals surface area contributed by atoms with Crippen molar-refractivity contribution in [1.82, 2.24) is 25.2 Å². The molecule has 53 heavy (non-hydrogen) atoms. The van der Waals surface area contributed by atoms with Crippen LogP contribution in [0.25, 0.3) is 10.8 Å². The molecule has 1 saturated heterocycles. The SMILES string of the molecule is CC[C@@H]1C[C@H](C)CCC=C[C@@H]2C[C@@]2(C(=O)NS(=O)(=O)C2(C)CC2)NC(=O)[C@@H]2C[C@@H](Oc3ncc(OC)c4cc(OC)ccc34)CN2C(=O)[C@H]1NC(=O)O. The highest BCUT2D eigenvalue weighted by atomic mass is 32.2. The van der Waals surface area contributed by atoms with E-state index in [1.54, 1.807) is 32.2 Å². The summed E-state index contributed by atoms with van der Waals surface area (Å²) in [4.78, 5) is 60.7. The van der Waals surface area contributed by atoms with Crippen LogP contribution in [0, 0.1) is 17.8 Å². The summed E-state index contributed by atoms with van der Waals surface area (Å²) in [6, 6.07) is 2.96. The Morgan fingerprint density at radius 1 is 1.13 bits per heavy atom. The third kappa shape index (κ3) is 7.60. The molecule has 1 aromatic carbocycles. The molecule has 16 heteroatoms. The zero-order valence-corrected chi connectivity index (χ0v) is 31.5. The third-order valence-corrected chi connectivity index (χ3v) is 13.6. The molecule has 2 aliphatic carbocycles. The number of carbonyl (C=O) groups excluding carboxylic acids is 3. The van der Waals surface area contributed by atoms with Crippen molar-refractivity contribution in [1.29, 1.82) is 0 Å². The number of sulfonamides is 1. The first-order valence-electron chi connectivity index (χ1n) is 18.2. The van der Waals surface area contributed by atoms with Crippen LogP contribution in [-0.4, -0.2) is 96.5 Å². The Hall–Kier alpha value is -4.60. The van der Waals surface area contributed by atoms with Gasteiger partial charge < -0.3 is 34.9 Å². The molecule has 3 heterocycles. The highest BCUT2D eigenvalue weighted by Gasteiger charge is 2.63. The minimum absolute atomic E-state index is 0.00943. The number of aromatic nitrogens is 1. The lowest BCUT2D eigenvalue weighted by atomic mass is 9.85. The Balaban J connectivity index is 1.36. The van der Waals surface area contributed by atoms with E-state index in [0.29, 0.717) is 54.4 Å². The van der Waals surface area contributed by atoms with Crippen molar-refractivity contribution in [2.75, 3.05) is 20.8 Å². The van der Waals surface area contributed by atoms with Crippen LogP contribution < -0.4 is 29.6 Å². The zero-order valence-electron chi connectivity index (χ0n) is 30.7. The lowest BCUT2D eigenvalue weighted by Gasteiger charge is -2.33. The number of carbonyl (C=O) groups is 4. The van der Waals surface area contributed by atoms with Crippen LogP contribution in [0.4, 0.5) is 4.79 Å². The van der Waals surface area contributed by atoms with Crippen LogP contribution in [-0.2, 0) is 24.4 Å². The van der Waals surface area contributed by atoms with Crippen molar-refractivity contribution >= 4 is 44.6 Å². The third-order valence-electron chi connectivity index (χ3n) is 11.4. The smallest absolute Gasteiger partial charge is 0.405 e. The number of nitrogens with one attached hydrogen (secondary N) is 3. The molecule has 7 atom stereocenters. The normalized spacial score (nSPS) is 29.8. The second kappa shape index (κ2) is 14.7. The van der Waals surface area contributed by atoms with Gasteiger partial charge in [0, 0.05) is 23.1 Å². The average molecular weight is 756 g/mol. The predicted octanol–water partition coefficient (Wildman–Crippen LogP) is 3.51. The molecule has 4 aliphatic rings. The van der Waals surface area contributed by atoms with Gasteiger partial charge in [0.15, 0.2) is 0 Å². The van der Waals surface area contributed by atoms with Gasteiger partial charge in [-0.25, -0.2) is 18.2 Å². The molecular weight excluding hydrogens is 706 g/mol. The van der Waals surface area contributed by atoms with E-state index in [1.165, 1.54) is 18.2 Å².